The largest absolute Gasteiger partial charge is 0.480 e. The van der Waals surface area contributed by atoms with Gasteiger partial charge in [0.15, 0.2) is 0 Å². The molecule has 7 heteroatoms. The van der Waals surface area contributed by atoms with E-state index >= 15 is 0 Å². The normalized spacial score (nSPS) is 21.0. The summed E-state index contributed by atoms with van der Waals surface area (Å²) in [7, 11) is 0. The highest BCUT2D eigenvalue weighted by atomic mass is 16.5. The third-order valence-corrected chi connectivity index (χ3v) is 6.05. The average molecular weight is 422 g/mol. The van der Waals surface area contributed by atoms with Crippen molar-refractivity contribution >= 4 is 18.0 Å². The Hall–Kier alpha value is -3.35. The monoisotopic (exact) mass is 422 g/mol. The molecule has 2 aromatic rings. The van der Waals surface area contributed by atoms with Gasteiger partial charge < -0.3 is 20.5 Å². The minimum absolute atomic E-state index is 0.0658. The molecular weight excluding hydrogens is 396 g/mol. The van der Waals surface area contributed by atoms with Crippen LogP contribution in [0, 0.1) is 0 Å². The molecule has 2 aliphatic rings. The van der Waals surface area contributed by atoms with E-state index in [1.807, 2.05) is 36.4 Å². The molecule has 31 heavy (non-hydrogen) atoms. The van der Waals surface area contributed by atoms with E-state index in [9.17, 15) is 19.5 Å². The SMILES string of the molecule is O=C(NC1CCCCCC(C(=O)O)NC1=O)OCC1c2ccccc2-c2ccccc21. The van der Waals surface area contributed by atoms with E-state index in [4.69, 9.17) is 4.74 Å². The van der Waals surface area contributed by atoms with Gasteiger partial charge >= 0.3 is 12.1 Å². The first-order valence-electron chi connectivity index (χ1n) is 10.7. The summed E-state index contributed by atoms with van der Waals surface area (Å²) in [5.41, 5.74) is 4.51. The highest BCUT2D eigenvalue weighted by molar-refractivity contribution is 5.89. The first-order valence-corrected chi connectivity index (χ1v) is 10.7. The number of nitrogens with one attached hydrogen (secondary N) is 2. The zero-order valence-electron chi connectivity index (χ0n) is 17.2. The van der Waals surface area contributed by atoms with Crippen molar-refractivity contribution in [1.82, 2.24) is 10.6 Å². The van der Waals surface area contributed by atoms with Crippen LogP contribution in [0.2, 0.25) is 0 Å². The molecule has 162 valence electrons. The number of carbonyl (C=O) groups is 3. The summed E-state index contributed by atoms with van der Waals surface area (Å²) in [5, 5.41) is 14.4. The highest BCUT2D eigenvalue weighted by Crippen LogP contribution is 2.44. The van der Waals surface area contributed by atoms with Gasteiger partial charge in [-0.1, -0.05) is 67.8 Å². The third-order valence-electron chi connectivity index (χ3n) is 6.05. The number of ether oxygens (including phenoxy) is 1. The molecule has 7 nitrogen and oxygen atoms in total. The number of amides is 2. The molecule has 1 heterocycles. The number of carboxylic acid groups (broad SMARTS) is 1. The summed E-state index contributed by atoms with van der Waals surface area (Å²) in [6.45, 7) is 0.159. The lowest BCUT2D eigenvalue weighted by molar-refractivity contribution is -0.142. The fourth-order valence-electron chi connectivity index (χ4n) is 4.45. The molecule has 4 rings (SSSR count). The molecule has 1 aliphatic heterocycles. The minimum Gasteiger partial charge on any atom is -0.480 e. The van der Waals surface area contributed by atoms with E-state index in [-0.39, 0.29) is 12.5 Å². The standard InChI is InChI=1S/C24H26N2O5/c27-22-20(12-2-1-3-13-21(25-22)23(28)29)26-24(30)31-14-19-17-10-6-4-8-15(17)16-9-5-7-11-18(16)19/h4-11,19-21H,1-3,12-14H2,(H,25,27)(H,26,30)(H,28,29). The molecule has 0 saturated carbocycles. The minimum atomic E-state index is -1.06. The molecule has 2 amide bonds. The first-order chi connectivity index (χ1) is 15.0. The van der Waals surface area contributed by atoms with Gasteiger partial charge in [-0.15, -0.1) is 0 Å². The van der Waals surface area contributed by atoms with Crippen molar-refractivity contribution in [3.8, 4) is 11.1 Å². The maximum absolute atomic E-state index is 12.5. The van der Waals surface area contributed by atoms with E-state index < -0.39 is 30.1 Å². The molecule has 2 atom stereocenters. The molecule has 1 fully saturated rings. The summed E-state index contributed by atoms with van der Waals surface area (Å²) >= 11 is 0. The van der Waals surface area contributed by atoms with Crippen molar-refractivity contribution < 1.29 is 24.2 Å². The van der Waals surface area contributed by atoms with Crippen molar-refractivity contribution in [1.29, 1.82) is 0 Å². The Balaban J connectivity index is 1.41. The van der Waals surface area contributed by atoms with Crippen LogP contribution in [0.3, 0.4) is 0 Å². The number of carboxylic acids is 1. The van der Waals surface area contributed by atoms with E-state index in [0.717, 1.165) is 41.5 Å². The van der Waals surface area contributed by atoms with Crippen molar-refractivity contribution in [2.75, 3.05) is 6.61 Å². The molecule has 3 N–H and O–H groups in total. The maximum atomic E-state index is 12.5. The quantitative estimate of drug-likeness (QED) is 0.700. The van der Waals surface area contributed by atoms with Crippen LogP contribution in [-0.2, 0) is 14.3 Å². The van der Waals surface area contributed by atoms with E-state index in [1.54, 1.807) is 0 Å². The Labute approximate surface area is 180 Å². The van der Waals surface area contributed by atoms with Gasteiger partial charge in [0.2, 0.25) is 5.91 Å². The number of benzene rings is 2. The number of hydrogen-bond acceptors (Lipinski definition) is 4. The van der Waals surface area contributed by atoms with E-state index in [2.05, 4.69) is 22.8 Å². The number of alkyl carbamates (subject to hydrolysis) is 1. The Morgan fingerprint density at radius 2 is 1.58 bits per heavy atom. The van der Waals surface area contributed by atoms with Crippen LogP contribution < -0.4 is 10.6 Å². The second kappa shape index (κ2) is 9.20. The van der Waals surface area contributed by atoms with Gasteiger partial charge in [0, 0.05) is 5.92 Å². The molecule has 1 saturated heterocycles. The smallest absolute Gasteiger partial charge is 0.407 e. The Morgan fingerprint density at radius 3 is 2.23 bits per heavy atom. The fourth-order valence-corrected chi connectivity index (χ4v) is 4.45. The summed E-state index contributed by atoms with van der Waals surface area (Å²) < 4.78 is 5.52. The van der Waals surface area contributed by atoms with Crippen LogP contribution in [-0.4, -0.2) is 41.8 Å². The zero-order chi connectivity index (χ0) is 21.8. The van der Waals surface area contributed by atoms with Crippen molar-refractivity contribution in [3.05, 3.63) is 59.7 Å². The fraction of sp³-hybridized carbons (Fsp3) is 0.375. The molecule has 2 unspecified atom stereocenters. The van der Waals surface area contributed by atoms with Gasteiger partial charge in [0.1, 0.15) is 18.7 Å². The predicted octanol–water partition coefficient (Wildman–Crippen LogP) is 3.43. The van der Waals surface area contributed by atoms with Gasteiger partial charge in [-0.2, -0.15) is 0 Å². The number of rotatable bonds is 4. The molecule has 1 aliphatic carbocycles. The molecule has 0 aromatic heterocycles. The maximum Gasteiger partial charge on any atom is 0.407 e. The lowest BCUT2D eigenvalue weighted by Gasteiger charge is -2.20. The topological polar surface area (TPSA) is 105 Å². The van der Waals surface area contributed by atoms with Crippen molar-refractivity contribution in [3.63, 3.8) is 0 Å². The number of carbonyl (C=O) groups excluding carboxylic acids is 2. The summed E-state index contributed by atoms with van der Waals surface area (Å²) in [4.78, 5) is 36.4. The van der Waals surface area contributed by atoms with Gasteiger partial charge in [-0.3, -0.25) is 4.79 Å². The van der Waals surface area contributed by atoms with Crippen LogP contribution in [0.25, 0.3) is 11.1 Å². The molecule has 0 spiro atoms. The summed E-state index contributed by atoms with van der Waals surface area (Å²) in [5.74, 6) is -1.61. The zero-order valence-corrected chi connectivity index (χ0v) is 17.2. The van der Waals surface area contributed by atoms with E-state index in [1.165, 1.54) is 0 Å². The van der Waals surface area contributed by atoms with Gasteiger partial charge in [0.05, 0.1) is 0 Å². The van der Waals surface area contributed by atoms with Gasteiger partial charge in [-0.05, 0) is 35.1 Å². The average Bonchev–Trinajstić information content (AvgIpc) is 3.12. The van der Waals surface area contributed by atoms with Crippen LogP contribution in [0.5, 0.6) is 0 Å². The number of hydrogen-bond donors (Lipinski definition) is 3. The lowest BCUT2D eigenvalue weighted by Crippen LogP contribution is -2.51. The number of fused-ring (bicyclic) bond motifs is 3. The first kappa shape index (κ1) is 20.9. The highest BCUT2D eigenvalue weighted by Gasteiger charge is 2.31. The Morgan fingerprint density at radius 1 is 0.968 bits per heavy atom. The summed E-state index contributed by atoms with van der Waals surface area (Å²) in [6, 6.07) is 14.4. The second-order valence-electron chi connectivity index (χ2n) is 8.06. The van der Waals surface area contributed by atoms with Gasteiger partial charge in [0.25, 0.3) is 0 Å². The van der Waals surface area contributed by atoms with Gasteiger partial charge in [-0.25, -0.2) is 9.59 Å². The van der Waals surface area contributed by atoms with E-state index in [0.29, 0.717) is 12.8 Å². The van der Waals surface area contributed by atoms with Crippen LogP contribution >= 0.6 is 0 Å². The molecule has 0 bridgehead atoms. The summed E-state index contributed by atoms with van der Waals surface area (Å²) in [6.07, 6.45) is 2.42. The Bertz CT molecular complexity index is 944. The van der Waals surface area contributed by atoms with Crippen LogP contribution in [0.1, 0.15) is 49.1 Å². The molecule has 2 aromatic carbocycles. The van der Waals surface area contributed by atoms with Crippen LogP contribution in [0.4, 0.5) is 4.79 Å². The van der Waals surface area contributed by atoms with Crippen molar-refractivity contribution in [2.24, 2.45) is 0 Å². The Kier molecular flexibility index (Phi) is 6.21. The molecule has 0 radical (unpaired) electrons. The van der Waals surface area contributed by atoms with Crippen LogP contribution in [0.15, 0.2) is 48.5 Å². The number of aliphatic carboxylic acids is 1. The second-order valence-corrected chi connectivity index (χ2v) is 8.06. The molecular formula is C24H26N2O5. The van der Waals surface area contributed by atoms with Crippen molar-refractivity contribution in [2.45, 2.75) is 50.1 Å². The lowest BCUT2D eigenvalue weighted by atomic mass is 9.98. The predicted molar refractivity (Wildman–Crippen MR) is 115 cm³/mol. The third kappa shape index (κ3) is 4.55.